The Morgan fingerprint density at radius 3 is 2.12 bits per heavy atom. The predicted molar refractivity (Wildman–Crippen MR) is 97.7 cm³/mol. The average Bonchev–Trinajstić information content (AvgIpc) is 2.56. The summed E-state index contributed by atoms with van der Waals surface area (Å²) in [5.74, 6) is -1.42. The lowest BCUT2D eigenvalue weighted by atomic mass is 10.1. The number of benzene rings is 1. The van der Waals surface area contributed by atoms with E-state index in [4.69, 9.17) is 4.74 Å². The minimum absolute atomic E-state index is 0.197. The molecule has 0 spiro atoms. The van der Waals surface area contributed by atoms with Crippen LogP contribution in [-0.2, 0) is 29.1 Å². The fourth-order valence-electron chi connectivity index (χ4n) is 1.79. The van der Waals surface area contributed by atoms with Crippen LogP contribution in [0.1, 0.15) is 39.3 Å². The predicted octanol–water partition coefficient (Wildman–Crippen LogP) is 2.11. The molecule has 0 aliphatic rings. The largest absolute Gasteiger partial charge is 0.463 e. The number of hydrogen-bond acceptors (Lipinski definition) is 6. The number of nitrogens with one attached hydrogen (secondary N) is 1. The third-order valence-corrected chi connectivity index (χ3v) is 5.55. The van der Waals surface area contributed by atoms with E-state index in [1.165, 1.54) is 0 Å². The maximum absolute atomic E-state index is 12.4. The van der Waals surface area contributed by atoms with Gasteiger partial charge in [-0.25, -0.2) is 22.7 Å². The Kier molecular flexibility index (Phi) is 7.98. The second kappa shape index (κ2) is 9.49. The van der Waals surface area contributed by atoms with Crippen LogP contribution >= 0.6 is 0 Å². The second-order valence-corrected chi connectivity index (χ2v) is 8.88. The van der Waals surface area contributed by atoms with Crippen LogP contribution in [0.25, 0.3) is 0 Å². The van der Waals surface area contributed by atoms with Gasteiger partial charge in [0.2, 0.25) is 10.0 Å². The summed E-state index contributed by atoms with van der Waals surface area (Å²) in [5.41, 5.74) is 0.655. The highest BCUT2D eigenvalue weighted by Crippen LogP contribution is 2.20. The molecular formula is C18H25NO6S. The maximum atomic E-state index is 12.4. The van der Waals surface area contributed by atoms with E-state index >= 15 is 0 Å². The molecule has 26 heavy (non-hydrogen) atoms. The minimum atomic E-state index is -3.66. The Balaban J connectivity index is 2.85. The van der Waals surface area contributed by atoms with Crippen LogP contribution in [0.5, 0.6) is 0 Å². The second-order valence-electron chi connectivity index (χ2n) is 6.41. The van der Waals surface area contributed by atoms with Gasteiger partial charge in [0.05, 0.1) is 17.4 Å². The monoisotopic (exact) mass is 383 g/mol. The van der Waals surface area contributed by atoms with E-state index in [1.54, 1.807) is 58.0 Å². The number of ether oxygens (including phenoxy) is 2. The smallest absolute Gasteiger partial charge is 0.331 e. The molecule has 0 bridgehead atoms. The first-order valence-corrected chi connectivity index (χ1v) is 9.63. The van der Waals surface area contributed by atoms with Crippen LogP contribution in [0, 0.1) is 0 Å². The van der Waals surface area contributed by atoms with E-state index in [9.17, 15) is 18.0 Å². The molecular weight excluding hydrogens is 358 g/mol. The summed E-state index contributed by atoms with van der Waals surface area (Å²) in [5, 5.41) is 0. The molecule has 0 aliphatic heterocycles. The number of hydrogen-bond donors (Lipinski definition) is 1. The lowest BCUT2D eigenvalue weighted by Gasteiger charge is -2.25. The van der Waals surface area contributed by atoms with E-state index in [0.29, 0.717) is 5.56 Å². The Labute approximate surface area is 154 Å². The van der Waals surface area contributed by atoms with Crippen molar-refractivity contribution in [1.29, 1.82) is 0 Å². The van der Waals surface area contributed by atoms with Crippen LogP contribution in [-0.4, -0.2) is 38.3 Å². The van der Waals surface area contributed by atoms with Gasteiger partial charge in [-0.15, -0.1) is 0 Å². The van der Waals surface area contributed by atoms with Gasteiger partial charge in [0.15, 0.2) is 0 Å². The van der Waals surface area contributed by atoms with Gasteiger partial charge in [-0.05, 0) is 33.3 Å². The van der Waals surface area contributed by atoms with Gasteiger partial charge in [-0.3, -0.25) is 0 Å². The summed E-state index contributed by atoms with van der Waals surface area (Å²) < 4.78 is 36.2. The molecule has 0 fully saturated rings. The zero-order valence-corrected chi connectivity index (χ0v) is 16.2. The lowest BCUT2D eigenvalue weighted by Crippen LogP contribution is -2.42. The molecule has 1 unspecified atom stereocenters. The summed E-state index contributed by atoms with van der Waals surface area (Å²) >= 11 is 0. The van der Waals surface area contributed by atoms with Crippen molar-refractivity contribution in [3.05, 3.63) is 48.0 Å². The molecule has 0 aromatic heterocycles. The molecule has 0 saturated carbocycles. The number of carbonyl (C=O) groups is 2. The van der Waals surface area contributed by atoms with Crippen LogP contribution < -0.4 is 4.72 Å². The molecule has 1 atom stereocenters. The minimum Gasteiger partial charge on any atom is -0.463 e. The number of esters is 2. The van der Waals surface area contributed by atoms with E-state index in [2.05, 4.69) is 9.46 Å². The molecule has 0 saturated heterocycles. The van der Waals surface area contributed by atoms with Gasteiger partial charge >= 0.3 is 11.9 Å². The molecule has 1 N–H and O–H groups in total. The lowest BCUT2D eigenvalue weighted by molar-refractivity contribution is -0.140. The zero-order chi connectivity index (χ0) is 19.8. The molecule has 1 aromatic carbocycles. The molecule has 8 heteroatoms. The van der Waals surface area contributed by atoms with Crippen LogP contribution in [0.4, 0.5) is 0 Å². The first kappa shape index (κ1) is 21.9. The fourth-order valence-corrected chi connectivity index (χ4v) is 2.72. The molecule has 0 heterocycles. The standard InChI is InChI=1S/C18H25NO6S/c1-5-24-16(20)11-12-17(21)25-13-15(14-9-7-6-8-10-14)19-26(22,23)18(2,3)4/h6-12,15,19H,5,13H2,1-4H3/b12-11+. The van der Waals surface area contributed by atoms with Gasteiger partial charge < -0.3 is 9.47 Å². The van der Waals surface area contributed by atoms with Crippen LogP contribution in [0.2, 0.25) is 0 Å². The number of sulfonamides is 1. The molecule has 0 amide bonds. The zero-order valence-electron chi connectivity index (χ0n) is 15.4. The SMILES string of the molecule is CCOC(=O)/C=C/C(=O)OCC(NS(=O)(=O)C(C)(C)C)c1ccccc1. The van der Waals surface area contributed by atoms with Gasteiger partial charge in [0.25, 0.3) is 0 Å². The molecule has 144 valence electrons. The van der Waals surface area contributed by atoms with E-state index in [1.807, 2.05) is 0 Å². The highest BCUT2D eigenvalue weighted by molar-refractivity contribution is 7.90. The maximum Gasteiger partial charge on any atom is 0.331 e. The van der Waals surface area contributed by atoms with E-state index in [0.717, 1.165) is 12.2 Å². The molecule has 0 aliphatic carbocycles. The fraction of sp³-hybridized carbons (Fsp3) is 0.444. The Hall–Kier alpha value is -2.19. The van der Waals surface area contributed by atoms with Crippen molar-refractivity contribution in [2.75, 3.05) is 13.2 Å². The average molecular weight is 383 g/mol. The summed E-state index contributed by atoms with van der Waals surface area (Å²) in [6, 6.07) is 8.04. The first-order valence-electron chi connectivity index (χ1n) is 8.15. The Bertz CT molecular complexity index is 735. The molecule has 1 aromatic rings. The number of carbonyl (C=O) groups excluding carboxylic acids is 2. The van der Waals surface area contributed by atoms with E-state index < -0.39 is 32.8 Å². The highest BCUT2D eigenvalue weighted by atomic mass is 32.2. The Morgan fingerprint density at radius 1 is 1.08 bits per heavy atom. The van der Waals surface area contributed by atoms with Crippen molar-refractivity contribution in [3.8, 4) is 0 Å². The van der Waals surface area contributed by atoms with Crippen LogP contribution in [0.15, 0.2) is 42.5 Å². The van der Waals surface area contributed by atoms with Crippen molar-refractivity contribution in [2.45, 2.75) is 38.5 Å². The van der Waals surface area contributed by atoms with Crippen molar-refractivity contribution in [3.63, 3.8) is 0 Å². The van der Waals surface area contributed by atoms with Crippen LogP contribution in [0.3, 0.4) is 0 Å². The molecule has 7 nitrogen and oxygen atoms in total. The molecule has 1 rings (SSSR count). The third-order valence-electron chi connectivity index (χ3n) is 3.34. The number of rotatable bonds is 8. The molecule has 0 radical (unpaired) electrons. The van der Waals surface area contributed by atoms with Crippen molar-refractivity contribution in [1.82, 2.24) is 4.72 Å². The summed E-state index contributed by atoms with van der Waals surface area (Å²) in [6.45, 7) is 6.35. The van der Waals surface area contributed by atoms with Crippen molar-refractivity contribution >= 4 is 22.0 Å². The summed E-state index contributed by atoms with van der Waals surface area (Å²) in [4.78, 5) is 23.0. The highest BCUT2D eigenvalue weighted by Gasteiger charge is 2.32. The van der Waals surface area contributed by atoms with Gasteiger partial charge in [-0.2, -0.15) is 0 Å². The third kappa shape index (κ3) is 6.97. The summed E-state index contributed by atoms with van der Waals surface area (Å²) in [6.07, 6.45) is 1.90. The quantitative estimate of drug-likeness (QED) is 0.545. The van der Waals surface area contributed by atoms with Crippen molar-refractivity contribution in [2.24, 2.45) is 0 Å². The Morgan fingerprint density at radius 2 is 1.62 bits per heavy atom. The van der Waals surface area contributed by atoms with Crippen molar-refractivity contribution < 1.29 is 27.5 Å². The van der Waals surface area contributed by atoms with Gasteiger partial charge in [0, 0.05) is 12.2 Å². The van der Waals surface area contributed by atoms with E-state index in [-0.39, 0.29) is 13.2 Å². The topological polar surface area (TPSA) is 98.8 Å². The van der Waals surface area contributed by atoms with Gasteiger partial charge in [0.1, 0.15) is 6.61 Å². The normalized spacial score (nSPS) is 13.4. The van der Waals surface area contributed by atoms with Gasteiger partial charge in [-0.1, -0.05) is 30.3 Å². The summed E-state index contributed by atoms with van der Waals surface area (Å²) in [7, 11) is -3.66. The first-order chi connectivity index (χ1) is 12.1.